The average Bonchev–Trinajstić information content (AvgIpc) is 3.24. The van der Waals surface area contributed by atoms with Crippen LogP contribution in [0.3, 0.4) is 0 Å². The molecule has 0 radical (unpaired) electrons. The predicted octanol–water partition coefficient (Wildman–Crippen LogP) is 7.98. The molecule has 3 rings (SSSR count). The summed E-state index contributed by atoms with van der Waals surface area (Å²) in [5, 5.41) is 1.00. The van der Waals surface area contributed by atoms with Gasteiger partial charge in [-0.05, 0) is 45.4 Å². The molecule has 1 aromatic heterocycles. The number of likely N-dealkylation sites (N-methyl/N-ethyl adjacent to an activating group) is 1. The van der Waals surface area contributed by atoms with Gasteiger partial charge in [-0.2, -0.15) is 0 Å². The van der Waals surface area contributed by atoms with Crippen LogP contribution in [-0.4, -0.2) is 47.1 Å². The lowest BCUT2D eigenvalue weighted by Crippen LogP contribution is -2.28. The van der Waals surface area contributed by atoms with Crippen LogP contribution in [0.15, 0.2) is 42.5 Å². The smallest absolute Gasteiger partial charge is 0.219 e. The van der Waals surface area contributed by atoms with Crippen LogP contribution >= 0.6 is 0 Å². The zero-order valence-corrected chi connectivity index (χ0v) is 26.3. The highest BCUT2D eigenvalue weighted by Crippen LogP contribution is 2.37. The molecule has 216 valence electrons. The number of ether oxygens (including phenoxy) is 1. The van der Waals surface area contributed by atoms with E-state index >= 15 is 0 Å². The van der Waals surface area contributed by atoms with Gasteiger partial charge in [0.25, 0.3) is 0 Å². The normalized spacial score (nSPS) is 9.87. The lowest BCUT2D eigenvalue weighted by atomic mass is 9.95. The summed E-state index contributed by atoms with van der Waals surface area (Å²) in [5.41, 5.74) is 5.18. The summed E-state index contributed by atoms with van der Waals surface area (Å²) in [6, 6.07) is 14.5. The second kappa shape index (κ2) is 18.0. The number of nitrogens with zero attached hydrogens (tertiary/aromatic N) is 2. The van der Waals surface area contributed by atoms with E-state index in [0.717, 1.165) is 40.0 Å². The topological polar surface area (TPSA) is 68.6 Å². The van der Waals surface area contributed by atoms with Crippen LogP contribution < -0.4 is 4.74 Å². The molecule has 0 atom stereocenters. The van der Waals surface area contributed by atoms with Crippen molar-refractivity contribution in [1.82, 2.24) is 9.47 Å². The molecule has 0 spiro atoms. The maximum Gasteiger partial charge on any atom is 0.219 e. The van der Waals surface area contributed by atoms with E-state index in [2.05, 4.69) is 48.7 Å². The van der Waals surface area contributed by atoms with E-state index in [0.29, 0.717) is 6.61 Å². The molecule has 3 aromatic rings. The standard InChI is InChI=1S/C23H27NO2.C6H11NO2.2C2H6/c1-6-24-20-14-18(26-7-2)12-13-19(20)21(23(25)15(3)4)22(24)17-10-8-16(5)9-11-17;1-5(8)4-7(3)6(2)9;2*1-2/h8-15H,6-7H2,1-5H3;4H2,1-3H3;2*1-2H3. The maximum absolute atomic E-state index is 13.1. The lowest BCUT2D eigenvalue weighted by Gasteiger charge is -2.12. The molecule has 6 heteroatoms. The number of amides is 1. The van der Waals surface area contributed by atoms with E-state index in [1.54, 1.807) is 7.05 Å². The molecule has 0 aliphatic heterocycles. The summed E-state index contributed by atoms with van der Waals surface area (Å²) in [7, 11) is 1.60. The van der Waals surface area contributed by atoms with Crippen LogP contribution in [0.25, 0.3) is 22.2 Å². The van der Waals surface area contributed by atoms with Crippen molar-refractivity contribution in [2.75, 3.05) is 20.2 Å². The fourth-order valence-corrected chi connectivity index (χ4v) is 3.91. The van der Waals surface area contributed by atoms with Crippen molar-refractivity contribution in [2.24, 2.45) is 5.92 Å². The van der Waals surface area contributed by atoms with Gasteiger partial charge in [0, 0.05) is 37.9 Å². The number of rotatable bonds is 8. The number of ketones is 2. The van der Waals surface area contributed by atoms with Gasteiger partial charge in [-0.25, -0.2) is 0 Å². The number of benzene rings is 2. The van der Waals surface area contributed by atoms with Crippen molar-refractivity contribution in [3.63, 3.8) is 0 Å². The highest BCUT2D eigenvalue weighted by Gasteiger charge is 2.25. The third-order valence-corrected chi connectivity index (χ3v) is 5.76. The number of aryl methyl sites for hydroxylation is 2. The van der Waals surface area contributed by atoms with Gasteiger partial charge in [0.05, 0.1) is 29.9 Å². The average molecular weight is 539 g/mol. The first-order chi connectivity index (χ1) is 18.5. The first-order valence-electron chi connectivity index (χ1n) is 14.1. The Morgan fingerprint density at radius 1 is 0.923 bits per heavy atom. The van der Waals surface area contributed by atoms with Crippen LogP contribution in [0.4, 0.5) is 0 Å². The second-order valence-corrected chi connectivity index (χ2v) is 9.04. The summed E-state index contributed by atoms with van der Waals surface area (Å²) in [6.45, 7) is 22.6. The number of aromatic nitrogens is 1. The number of fused-ring (bicyclic) bond motifs is 1. The van der Waals surface area contributed by atoms with Gasteiger partial charge in [0.2, 0.25) is 5.91 Å². The third-order valence-electron chi connectivity index (χ3n) is 5.76. The molecule has 0 unspecified atom stereocenters. The predicted molar refractivity (Wildman–Crippen MR) is 165 cm³/mol. The maximum atomic E-state index is 13.1. The first-order valence-corrected chi connectivity index (χ1v) is 14.1. The summed E-state index contributed by atoms with van der Waals surface area (Å²) in [5.74, 6) is 0.896. The van der Waals surface area contributed by atoms with E-state index in [4.69, 9.17) is 4.74 Å². The van der Waals surface area contributed by atoms with Crippen molar-refractivity contribution >= 4 is 28.4 Å². The van der Waals surface area contributed by atoms with E-state index in [-0.39, 0.29) is 29.9 Å². The summed E-state index contributed by atoms with van der Waals surface area (Å²) in [4.78, 5) is 35.3. The minimum absolute atomic E-state index is 0.00713. The molecule has 1 heterocycles. The van der Waals surface area contributed by atoms with Gasteiger partial charge in [0.15, 0.2) is 5.78 Å². The third kappa shape index (κ3) is 10.0. The zero-order valence-electron chi connectivity index (χ0n) is 26.3. The first kappa shape index (κ1) is 35.6. The van der Waals surface area contributed by atoms with Gasteiger partial charge >= 0.3 is 0 Å². The fraction of sp³-hybridized carbons (Fsp3) is 0.485. The Balaban J connectivity index is 0.000000940. The molecule has 2 aromatic carbocycles. The Kier molecular flexibility index (Phi) is 16.4. The Bertz CT molecular complexity index is 1190. The van der Waals surface area contributed by atoms with Crippen molar-refractivity contribution in [1.29, 1.82) is 0 Å². The zero-order chi connectivity index (χ0) is 30.3. The molecule has 0 N–H and O–H groups in total. The largest absolute Gasteiger partial charge is 0.494 e. The minimum Gasteiger partial charge on any atom is -0.494 e. The van der Waals surface area contributed by atoms with Gasteiger partial charge < -0.3 is 14.2 Å². The van der Waals surface area contributed by atoms with Gasteiger partial charge in [-0.15, -0.1) is 0 Å². The molecule has 1 amide bonds. The van der Waals surface area contributed by atoms with Crippen LogP contribution in [0, 0.1) is 12.8 Å². The van der Waals surface area contributed by atoms with Crippen LogP contribution in [0.1, 0.15) is 85.2 Å². The van der Waals surface area contributed by atoms with Crippen molar-refractivity contribution in [2.45, 2.75) is 82.7 Å². The lowest BCUT2D eigenvalue weighted by molar-refractivity contribution is -0.131. The molecule has 0 bridgehead atoms. The molecule has 0 aliphatic carbocycles. The summed E-state index contributed by atoms with van der Waals surface area (Å²) in [6.07, 6.45) is 0. The molecule has 0 saturated carbocycles. The van der Waals surface area contributed by atoms with Gasteiger partial charge in [-0.3, -0.25) is 14.4 Å². The number of hydrogen-bond donors (Lipinski definition) is 0. The van der Waals surface area contributed by atoms with Crippen LogP contribution in [0.5, 0.6) is 5.75 Å². The van der Waals surface area contributed by atoms with Crippen LogP contribution in [-0.2, 0) is 16.1 Å². The molecule has 0 fully saturated rings. The monoisotopic (exact) mass is 538 g/mol. The van der Waals surface area contributed by atoms with Crippen molar-refractivity contribution in [3.8, 4) is 17.0 Å². The Morgan fingerprint density at radius 3 is 1.90 bits per heavy atom. The van der Waals surface area contributed by atoms with Gasteiger partial charge in [-0.1, -0.05) is 71.4 Å². The minimum atomic E-state index is -0.0785. The summed E-state index contributed by atoms with van der Waals surface area (Å²) >= 11 is 0. The number of Topliss-reactive ketones (excluding diaryl/α,β-unsaturated/α-hetero) is 2. The fourth-order valence-electron chi connectivity index (χ4n) is 3.91. The number of hydrogen-bond acceptors (Lipinski definition) is 4. The molecule has 6 nitrogen and oxygen atoms in total. The molecular weight excluding hydrogens is 488 g/mol. The highest BCUT2D eigenvalue weighted by atomic mass is 16.5. The number of carbonyl (C=O) groups excluding carboxylic acids is 3. The van der Waals surface area contributed by atoms with Gasteiger partial charge in [0.1, 0.15) is 11.5 Å². The molecule has 0 aliphatic rings. The quantitative estimate of drug-likeness (QED) is 0.273. The Labute approximate surface area is 236 Å². The van der Waals surface area contributed by atoms with Crippen LogP contribution in [0.2, 0.25) is 0 Å². The summed E-state index contributed by atoms with van der Waals surface area (Å²) < 4.78 is 7.93. The Morgan fingerprint density at radius 2 is 1.49 bits per heavy atom. The molecule has 39 heavy (non-hydrogen) atoms. The highest BCUT2D eigenvalue weighted by molar-refractivity contribution is 6.14. The van der Waals surface area contributed by atoms with Crippen molar-refractivity contribution in [3.05, 3.63) is 53.6 Å². The van der Waals surface area contributed by atoms with E-state index in [1.807, 2.05) is 60.6 Å². The van der Waals surface area contributed by atoms with Crippen molar-refractivity contribution < 1.29 is 19.1 Å². The Hall–Kier alpha value is -3.41. The second-order valence-electron chi connectivity index (χ2n) is 9.04. The van der Waals surface area contributed by atoms with E-state index in [9.17, 15) is 14.4 Å². The molecular formula is C33H50N2O4. The SMILES string of the molecule is CC.CC.CC(=O)CN(C)C(C)=O.CCOc1ccc2c(C(=O)C(C)C)c(-c3ccc(C)cc3)n(CC)c2c1. The van der Waals surface area contributed by atoms with E-state index < -0.39 is 0 Å². The molecule has 0 saturated heterocycles. The van der Waals surface area contributed by atoms with E-state index in [1.165, 1.54) is 24.3 Å². The number of carbonyl (C=O) groups is 3.